The largest absolute Gasteiger partial charge is 0.256 e. The van der Waals surface area contributed by atoms with Crippen molar-refractivity contribution in [1.82, 2.24) is 4.98 Å². The van der Waals surface area contributed by atoms with E-state index in [0.717, 1.165) is 10.9 Å². The summed E-state index contributed by atoms with van der Waals surface area (Å²) in [7, 11) is 0. The van der Waals surface area contributed by atoms with Crippen LogP contribution in [0.3, 0.4) is 0 Å². The summed E-state index contributed by atoms with van der Waals surface area (Å²) in [5.41, 5.74) is 1.56. The van der Waals surface area contributed by atoms with Crippen LogP contribution in [0.5, 0.6) is 0 Å². The Kier molecular flexibility index (Phi) is 1.74. The first kappa shape index (κ1) is 7.22. The van der Waals surface area contributed by atoms with Crippen LogP contribution in [0.1, 0.15) is 5.56 Å². The molecule has 0 unspecified atom stereocenters. The van der Waals surface area contributed by atoms with Crippen LogP contribution < -0.4 is 0 Å². The molecule has 0 saturated carbocycles. The van der Waals surface area contributed by atoms with E-state index in [1.165, 1.54) is 0 Å². The molecule has 1 heterocycles. The van der Waals surface area contributed by atoms with E-state index in [4.69, 9.17) is 0 Å². The number of pyridine rings is 1. The molecule has 1 nitrogen and oxygen atoms in total. The molecule has 60 valence electrons. The lowest BCUT2D eigenvalue weighted by Crippen LogP contribution is -1.84. The highest BCUT2D eigenvalue weighted by Crippen LogP contribution is 2.16. The van der Waals surface area contributed by atoms with Crippen LogP contribution in [0.2, 0.25) is 0 Å². The predicted molar refractivity (Wildman–Crippen MR) is 46.6 cm³/mol. The number of aromatic nitrogens is 1. The van der Waals surface area contributed by atoms with Crippen LogP contribution in [-0.4, -0.2) is 4.98 Å². The molecule has 0 saturated heterocycles. The summed E-state index contributed by atoms with van der Waals surface area (Å²) in [6.45, 7) is -0.428. The average molecular weight is 161 g/mol. The van der Waals surface area contributed by atoms with E-state index < -0.39 is 6.67 Å². The number of benzene rings is 1. The molecule has 1 aromatic heterocycles. The van der Waals surface area contributed by atoms with Crippen LogP contribution in [0.25, 0.3) is 10.9 Å². The zero-order chi connectivity index (χ0) is 8.39. The molecule has 0 radical (unpaired) electrons. The monoisotopic (exact) mass is 161 g/mol. The van der Waals surface area contributed by atoms with Crippen LogP contribution in [0.15, 0.2) is 36.5 Å². The maximum Gasteiger partial charge on any atom is 0.115 e. The summed E-state index contributed by atoms with van der Waals surface area (Å²) in [5, 5.41) is 0.905. The van der Waals surface area contributed by atoms with Gasteiger partial charge in [-0.3, -0.25) is 4.98 Å². The standard InChI is InChI=1S/C10H8FN/c11-7-8-5-6-12-10-4-2-1-3-9(8)10/h1-6H,7H2. The van der Waals surface area contributed by atoms with Crippen molar-refractivity contribution in [1.29, 1.82) is 0 Å². The fourth-order valence-electron chi connectivity index (χ4n) is 1.27. The number of hydrogen-bond acceptors (Lipinski definition) is 1. The molecule has 0 aliphatic heterocycles. The molecule has 0 fully saturated rings. The van der Waals surface area contributed by atoms with Gasteiger partial charge in [-0.25, -0.2) is 4.39 Å². The fraction of sp³-hybridized carbons (Fsp3) is 0.100. The number of halogens is 1. The molecule has 12 heavy (non-hydrogen) atoms. The minimum atomic E-state index is -0.428. The molecule has 0 N–H and O–H groups in total. The molecule has 2 rings (SSSR count). The van der Waals surface area contributed by atoms with Gasteiger partial charge in [-0.15, -0.1) is 0 Å². The summed E-state index contributed by atoms with van der Waals surface area (Å²) >= 11 is 0. The van der Waals surface area contributed by atoms with Crippen molar-refractivity contribution in [2.24, 2.45) is 0 Å². The van der Waals surface area contributed by atoms with Crippen LogP contribution >= 0.6 is 0 Å². The average Bonchev–Trinajstić information content (AvgIpc) is 2.17. The first-order valence-corrected chi connectivity index (χ1v) is 3.80. The summed E-state index contributed by atoms with van der Waals surface area (Å²) in [4.78, 5) is 4.12. The second kappa shape index (κ2) is 2.89. The lowest BCUT2D eigenvalue weighted by molar-refractivity contribution is 0.487. The number of fused-ring (bicyclic) bond motifs is 1. The van der Waals surface area contributed by atoms with Crippen molar-refractivity contribution in [3.05, 3.63) is 42.1 Å². The number of nitrogens with zero attached hydrogens (tertiary/aromatic N) is 1. The van der Waals surface area contributed by atoms with Gasteiger partial charge in [0.05, 0.1) is 5.52 Å². The molecule has 0 aliphatic rings. The van der Waals surface area contributed by atoms with Gasteiger partial charge >= 0.3 is 0 Å². The third kappa shape index (κ3) is 1.05. The van der Waals surface area contributed by atoms with E-state index in [1.807, 2.05) is 24.3 Å². The summed E-state index contributed by atoms with van der Waals surface area (Å²) < 4.78 is 12.4. The van der Waals surface area contributed by atoms with Crippen LogP contribution in [0, 0.1) is 0 Å². The number of hydrogen-bond donors (Lipinski definition) is 0. The minimum Gasteiger partial charge on any atom is -0.256 e. The number of rotatable bonds is 1. The first-order valence-electron chi connectivity index (χ1n) is 3.80. The molecule has 0 amide bonds. The highest BCUT2D eigenvalue weighted by molar-refractivity contribution is 5.81. The smallest absolute Gasteiger partial charge is 0.115 e. The minimum absolute atomic E-state index is 0.428. The summed E-state index contributed by atoms with van der Waals surface area (Å²) in [5.74, 6) is 0. The molecular weight excluding hydrogens is 153 g/mol. The Labute approximate surface area is 69.9 Å². The van der Waals surface area contributed by atoms with Crippen molar-refractivity contribution in [3.8, 4) is 0 Å². The van der Waals surface area contributed by atoms with Gasteiger partial charge in [0.1, 0.15) is 6.67 Å². The predicted octanol–water partition coefficient (Wildman–Crippen LogP) is 2.70. The van der Waals surface area contributed by atoms with Crippen molar-refractivity contribution in [2.45, 2.75) is 6.67 Å². The second-order valence-electron chi connectivity index (χ2n) is 2.62. The van der Waals surface area contributed by atoms with E-state index in [0.29, 0.717) is 5.56 Å². The van der Waals surface area contributed by atoms with E-state index in [1.54, 1.807) is 12.3 Å². The van der Waals surface area contributed by atoms with Crippen LogP contribution in [0.4, 0.5) is 4.39 Å². The number of para-hydroxylation sites is 1. The molecule has 1 aromatic carbocycles. The lowest BCUT2D eigenvalue weighted by Gasteiger charge is -1.99. The molecule has 0 bridgehead atoms. The Hall–Kier alpha value is -1.44. The topological polar surface area (TPSA) is 12.9 Å². The molecular formula is C10H8FN. The zero-order valence-corrected chi connectivity index (χ0v) is 6.50. The van der Waals surface area contributed by atoms with Gasteiger partial charge in [-0.2, -0.15) is 0 Å². The maximum atomic E-state index is 12.4. The van der Waals surface area contributed by atoms with Crippen molar-refractivity contribution in [3.63, 3.8) is 0 Å². The summed E-state index contributed by atoms with van der Waals surface area (Å²) in [6, 6.07) is 9.27. The third-order valence-corrected chi connectivity index (χ3v) is 1.88. The van der Waals surface area contributed by atoms with Gasteiger partial charge in [0.2, 0.25) is 0 Å². The van der Waals surface area contributed by atoms with Gasteiger partial charge in [0, 0.05) is 11.6 Å². The van der Waals surface area contributed by atoms with Gasteiger partial charge in [0.15, 0.2) is 0 Å². The SMILES string of the molecule is FCc1ccnc2ccccc12. The van der Waals surface area contributed by atoms with E-state index in [2.05, 4.69) is 4.98 Å². The molecule has 2 aromatic rings. The van der Waals surface area contributed by atoms with Crippen molar-refractivity contribution >= 4 is 10.9 Å². The quantitative estimate of drug-likeness (QED) is 0.626. The first-order chi connectivity index (χ1) is 5.92. The molecule has 0 spiro atoms. The Morgan fingerprint density at radius 1 is 1.17 bits per heavy atom. The van der Waals surface area contributed by atoms with Gasteiger partial charge in [-0.1, -0.05) is 18.2 Å². The second-order valence-corrected chi connectivity index (χ2v) is 2.62. The van der Waals surface area contributed by atoms with Crippen molar-refractivity contribution < 1.29 is 4.39 Å². The molecule has 0 atom stereocenters. The highest BCUT2D eigenvalue weighted by atomic mass is 19.1. The van der Waals surface area contributed by atoms with Gasteiger partial charge in [-0.05, 0) is 17.7 Å². The Balaban J connectivity index is 2.79. The van der Waals surface area contributed by atoms with Gasteiger partial charge in [0.25, 0.3) is 0 Å². The van der Waals surface area contributed by atoms with Crippen LogP contribution in [-0.2, 0) is 6.67 Å². The Morgan fingerprint density at radius 3 is 2.83 bits per heavy atom. The summed E-state index contributed by atoms with van der Waals surface area (Å²) in [6.07, 6.45) is 1.64. The van der Waals surface area contributed by atoms with E-state index >= 15 is 0 Å². The Morgan fingerprint density at radius 2 is 2.00 bits per heavy atom. The van der Waals surface area contributed by atoms with E-state index in [-0.39, 0.29) is 0 Å². The zero-order valence-electron chi connectivity index (χ0n) is 6.50. The van der Waals surface area contributed by atoms with Gasteiger partial charge < -0.3 is 0 Å². The number of alkyl halides is 1. The normalized spacial score (nSPS) is 10.4. The van der Waals surface area contributed by atoms with Crippen molar-refractivity contribution in [2.75, 3.05) is 0 Å². The maximum absolute atomic E-state index is 12.4. The third-order valence-electron chi connectivity index (χ3n) is 1.88. The highest BCUT2D eigenvalue weighted by Gasteiger charge is 1.98. The van der Waals surface area contributed by atoms with E-state index in [9.17, 15) is 4.39 Å². The molecule has 0 aliphatic carbocycles. The fourth-order valence-corrected chi connectivity index (χ4v) is 1.27. The lowest BCUT2D eigenvalue weighted by atomic mass is 10.1. The molecule has 2 heteroatoms. The Bertz CT molecular complexity index is 392.